The number of ether oxygens (including phenoxy) is 2. The van der Waals surface area contributed by atoms with Crippen LogP contribution in [0.2, 0.25) is 0 Å². The highest BCUT2D eigenvalue weighted by molar-refractivity contribution is 5.92. The van der Waals surface area contributed by atoms with E-state index in [-0.39, 0.29) is 5.97 Å². The number of hydrogen-bond acceptors (Lipinski definition) is 4. The molecule has 0 aliphatic carbocycles. The van der Waals surface area contributed by atoms with Crippen LogP contribution in [0.25, 0.3) is 11.3 Å². The summed E-state index contributed by atoms with van der Waals surface area (Å²) >= 11 is 0. The summed E-state index contributed by atoms with van der Waals surface area (Å²) < 4.78 is 9.84. The maximum absolute atomic E-state index is 11.8. The Morgan fingerprint density at radius 1 is 1.25 bits per heavy atom. The molecule has 0 unspecified atom stereocenters. The van der Waals surface area contributed by atoms with Crippen molar-refractivity contribution in [2.75, 3.05) is 14.2 Å². The van der Waals surface area contributed by atoms with Gasteiger partial charge in [0.1, 0.15) is 12.4 Å². The second-order valence-corrected chi connectivity index (χ2v) is 4.65. The predicted octanol–water partition coefficient (Wildman–Crippen LogP) is 2.63. The van der Waals surface area contributed by atoms with E-state index < -0.39 is 0 Å². The number of aryl methyl sites for hydroxylation is 2. The van der Waals surface area contributed by atoms with E-state index >= 15 is 0 Å². The van der Waals surface area contributed by atoms with Crippen molar-refractivity contribution in [1.29, 1.82) is 0 Å². The number of nitrogens with zero attached hydrogens (tertiary/aromatic N) is 1. The third kappa shape index (κ3) is 2.72. The average Bonchev–Trinajstić information content (AvgIpc) is 2.87. The van der Waals surface area contributed by atoms with E-state index in [1.54, 1.807) is 13.3 Å². The van der Waals surface area contributed by atoms with E-state index in [2.05, 4.69) is 9.97 Å². The lowest BCUT2D eigenvalue weighted by Crippen LogP contribution is -2.05. The number of rotatable bonds is 4. The molecule has 1 heterocycles. The summed E-state index contributed by atoms with van der Waals surface area (Å²) in [5.74, 6) is 0.419. The second-order valence-electron chi connectivity index (χ2n) is 4.65. The molecule has 1 aromatic heterocycles. The number of nitrogens with one attached hydrogen (secondary N) is 1. The van der Waals surface area contributed by atoms with E-state index in [1.807, 2.05) is 26.0 Å². The molecule has 2 rings (SSSR count). The van der Waals surface area contributed by atoms with E-state index in [0.29, 0.717) is 12.2 Å². The highest BCUT2D eigenvalue weighted by atomic mass is 16.5. The minimum atomic E-state index is -0.333. The van der Waals surface area contributed by atoms with Crippen LogP contribution in [0.5, 0.6) is 0 Å². The first-order chi connectivity index (χ1) is 9.56. The van der Waals surface area contributed by atoms with Gasteiger partial charge < -0.3 is 14.5 Å². The van der Waals surface area contributed by atoms with Crippen LogP contribution in [0, 0.1) is 13.8 Å². The van der Waals surface area contributed by atoms with Crippen molar-refractivity contribution in [3.63, 3.8) is 0 Å². The van der Waals surface area contributed by atoms with Crippen LogP contribution in [0.15, 0.2) is 18.3 Å². The normalized spacial score (nSPS) is 10.6. The Bertz CT molecular complexity index is 632. The molecular weight excluding hydrogens is 256 g/mol. The summed E-state index contributed by atoms with van der Waals surface area (Å²) in [4.78, 5) is 19.2. The summed E-state index contributed by atoms with van der Waals surface area (Å²) in [6.07, 6.45) is 1.74. The van der Waals surface area contributed by atoms with E-state index in [0.717, 1.165) is 28.2 Å². The molecule has 0 fully saturated rings. The summed E-state index contributed by atoms with van der Waals surface area (Å²) in [6, 6.07) is 3.80. The van der Waals surface area contributed by atoms with Crippen LogP contribution in [-0.4, -0.2) is 30.2 Å². The SMILES string of the molecule is COCc1ncc(-c2cc(C(=O)OC)c(C)cc2C)[nH]1. The van der Waals surface area contributed by atoms with Gasteiger partial charge in [0.2, 0.25) is 0 Å². The standard InChI is InChI=1S/C15H18N2O3/c1-9-5-10(2)12(15(18)20-4)6-11(9)13-7-16-14(17-13)8-19-3/h5-7H,8H2,1-4H3,(H,16,17). The molecule has 2 aromatic rings. The van der Waals surface area contributed by atoms with E-state index in [1.165, 1.54) is 7.11 Å². The van der Waals surface area contributed by atoms with Crippen LogP contribution in [-0.2, 0) is 16.1 Å². The second kappa shape index (κ2) is 5.88. The van der Waals surface area contributed by atoms with Gasteiger partial charge in [-0.1, -0.05) is 6.07 Å². The number of benzene rings is 1. The summed E-state index contributed by atoms with van der Waals surface area (Å²) in [5.41, 5.74) is 4.33. The number of carbonyl (C=O) groups is 1. The average molecular weight is 274 g/mol. The lowest BCUT2D eigenvalue weighted by molar-refractivity contribution is 0.0600. The van der Waals surface area contributed by atoms with Crippen molar-refractivity contribution >= 4 is 5.97 Å². The molecule has 0 saturated carbocycles. The zero-order chi connectivity index (χ0) is 14.7. The van der Waals surface area contributed by atoms with E-state index in [4.69, 9.17) is 9.47 Å². The Morgan fingerprint density at radius 3 is 2.65 bits per heavy atom. The monoisotopic (exact) mass is 274 g/mol. The quantitative estimate of drug-likeness (QED) is 0.870. The Kier molecular flexibility index (Phi) is 4.20. The van der Waals surface area contributed by atoms with Gasteiger partial charge in [0, 0.05) is 12.7 Å². The fourth-order valence-electron chi connectivity index (χ4n) is 2.18. The lowest BCUT2D eigenvalue weighted by Gasteiger charge is -2.09. The minimum Gasteiger partial charge on any atom is -0.465 e. The van der Waals surface area contributed by atoms with Crippen LogP contribution in [0.4, 0.5) is 0 Å². The maximum atomic E-state index is 11.8. The van der Waals surface area contributed by atoms with Gasteiger partial charge in [-0.15, -0.1) is 0 Å². The molecular formula is C15H18N2O3. The molecule has 1 aromatic carbocycles. The van der Waals surface area contributed by atoms with Crippen molar-refractivity contribution in [1.82, 2.24) is 9.97 Å². The fraction of sp³-hybridized carbons (Fsp3) is 0.333. The van der Waals surface area contributed by atoms with Crippen molar-refractivity contribution in [3.05, 3.63) is 40.8 Å². The zero-order valence-electron chi connectivity index (χ0n) is 12.1. The van der Waals surface area contributed by atoms with Crippen LogP contribution >= 0.6 is 0 Å². The molecule has 106 valence electrons. The maximum Gasteiger partial charge on any atom is 0.338 e. The highest BCUT2D eigenvalue weighted by Crippen LogP contribution is 2.26. The molecule has 0 radical (unpaired) electrons. The molecule has 20 heavy (non-hydrogen) atoms. The molecule has 0 amide bonds. The first kappa shape index (κ1) is 14.3. The smallest absolute Gasteiger partial charge is 0.338 e. The third-order valence-corrected chi connectivity index (χ3v) is 3.18. The highest BCUT2D eigenvalue weighted by Gasteiger charge is 2.14. The Balaban J connectivity index is 2.47. The van der Waals surface area contributed by atoms with Crippen LogP contribution in [0.3, 0.4) is 0 Å². The number of carbonyl (C=O) groups excluding carboxylic acids is 1. The predicted molar refractivity (Wildman–Crippen MR) is 75.6 cm³/mol. The molecule has 5 nitrogen and oxygen atoms in total. The van der Waals surface area contributed by atoms with Crippen molar-refractivity contribution in [2.24, 2.45) is 0 Å². The van der Waals surface area contributed by atoms with Crippen molar-refractivity contribution in [3.8, 4) is 11.3 Å². The van der Waals surface area contributed by atoms with Gasteiger partial charge in [0.15, 0.2) is 0 Å². The Labute approximate surface area is 117 Å². The summed E-state index contributed by atoms with van der Waals surface area (Å²) in [7, 11) is 3.00. The van der Waals surface area contributed by atoms with Crippen LogP contribution < -0.4 is 0 Å². The molecule has 0 spiro atoms. The third-order valence-electron chi connectivity index (χ3n) is 3.18. The topological polar surface area (TPSA) is 64.2 Å². The van der Waals surface area contributed by atoms with Gasteiger partial charge in [-0.2, -0.15) is 0 Å². The lowest BCUT2D eigenvalue weighted by atomic mass is 9.98. The number of esters is 1. The van der Waals surface area contributed by atoms with Gasteiger partial charge in [-0.05, 0) is 31.0 Å². The number of aromatic nitrogens is 2. The van der Waals surface area contributed by atoms with Gasteiger partial charge in [0.05, 0.1) is 24.6 Å². The molecule has 0 bridgehead atoms. The molecule has 0 atom stereocenters. The van der Waals surface area contributed by atoms with Crippen molar-refractivity contribution in [2.45, 2.75) is 20.5 Å². The zero-order valence-corrected chi connectivity index (χ0v) is 12.1. The molecule has 1 N–H and O–H groups in total. The summed E-state index contributed by atoms with van der Waals surface area (Å²) in [5, 5.41) is 0. The fourth-order valence-corrected chi connectivity index (χ4v) is 2.18. The minimum absolute atomic E-state index is 0.333. The Morgan fingerprint density at radius 2 is 2.00 bits per heavy atom. The largest absolute Gasteiger partial charge is 0.465 e. The Hall–Kier alpha value is -2.14. The van der Waals surface area contributed by atoms with E-state index in [9.17, 15) is 4.79 Å². The number of aromatic amines is 1. The van der Waals surface area contributed by atoms with Crippen LogP contribution in [0.1, 0.15) is 27.3 Å². The number of imidazole rings is 1. The van der Waals surface area contributed by atoms with Crippen molar-refractivity contribution < 1.29 is 14.3 Å². The first-order valence-electron chi connectivity index (χ1n) is 6.29. The first-order valence-corrected chi connectivity index (χ1v) is 6.29. The number of H-pyrrole nitrogens is 1. The number of hydrogen-bond donors (Lipinski definition) is 1. The van der Waals surface area contributed by atoms with Gasteiger partial charge >= 0.3 is 5.97 Å². The molecule has 0 aliphatic rings. The molecule has 5 heteroatoms. The van der Waals surface area contributed by atoms with Gasteiger partial charge in [-0.3, -0.25) is 0 Å². The number of methoxy groups -OCH3 is 2. The molecule has 0 saturated heterocycles. The van der Waals surface area contributed by atoms with Gasteiger partial charge in [-0.25, -0.2) is 9.78 Å². The summed E-state index contributed by atoms with van der Waals surface area (Å²) in [6.45, 7) is 4.32. The van der Waals surface area contributed by atoms with Gasteiger partial charge in [0.25, 0.3) is 0 Å². The molecule has 0 aliphatic heterocycles.